The normalized spacial score (nSPS) is 11.6. The summed E-state index contributed by atoms with van der Waals surface area (Å²) in [5.41, 5.74) is 7.00. The number of carbonyl (C=O) groups excluding carboxylic acids is 2. The number of ether oxygens (including phenoxy) is 2. The van der Waals surface area contributed by atoms with Crippen LogP contribution in [0.2, 0.25) is 0 Å². The Morgan fingerprint density at radius 2 is 1.93 bits per heavy atom. The Kier molecular flexibility index (Phi) is 5.83. The van der Waals surface area contributed by atoms with Gasteiger partial charge in [-0.3, -0.25) is 4.79 Å². The number of hydrogen-bond donors (Lipinski definition) is 1. The lowest BCUT2D eigenvalue weighted by molar-refractivity contribution is -0.127. The summed E-state index contributed by atoms with van der Waals surface area (Å²) in [6.07, 6.45) is -1.15. The molecule has 0 aliphatic carbocycles. The molecule has 7 heteroatoms. The van der Waals surface area contributed by atoms with Crippen molar-refractivity contribution in [1.29, 1.82) is 0 Å². The molecule has 3 aromatic rings. The number of carbonyl (C=O) groups is 2. The molecule has 1 unspecified atom stereocenters. The topological polar surface area (TPSA) is 91.5 Å². The predicted molar refractivity (Wildman–Crippen MR) is 101 cm³/mol. The van der Waals surface area contributed by atoms with Gasteiger partial charge in [0.25, 0.3) is 5.91 Å². The number of aryl methyl sites for hydroxylation is 1. The number of hydrogen-bond acceptors (Lipinski definition) is 6. The minimum absolute atomic E-state index is 0.268. The highest BCUT2D eigenvalue weighted by Gasteiger charge is 2.23. The maximum Gasteiger partial charge on any atom is 0.339 e. The van der Waals surface area contributed by atoms with Gasteiger partial charge in [0.2, 0.25) is 6.10 Å². The van der Waals surface area contributed by atoms with Crippen LogP contribution in [-0.2, 0) is 16.1 Å². The Bertz CT molecular complexity index is 940. The van der Waals surface area contributed by atoms with Crippen molar-refractivity contribution in [1.82, 2.24) is 4.98 Å². The maximum absolute atomic E-state index is 12.5. The highest BCUT2D eigenvalue weighted by molar-refractivity contribution is 7.09. The van der Waals surface area contributed by atoms with Crippen molar-refractivity contribution in [2.75, 3.05) is 0 Å². The lowest BCUT2D eigenvalue weighted by Gasteiger charge is -2.15. The van der Waals surface area contributed by atoms with Gasteiger partial charge in [0.1, 0.15) is 12.4 Å². The standard InChI is InChI=1S/C20H18N2O4S/c1-13-22-16(12-27-13)11-25-17-9-5-8-15(10-17)20(24)26-18(19(21)23)14-6-3-2-4-7-14/h2-10,12,18H,11H2,1H3,(H2,21,23). The molecule has 1 heterocycles. The number of rotatable bonds is 7. The van der Waals surface area contributed by atoms with Crippen molar-refractivity contribution >= 4 is 23.2 Å². The van der Waals surface area contributed by atoms with Crippen molar-refractivity contribution in [3.8, 4) is 5.75 Å². The van der Waals surface area contributed by atoms with Gasteiger partial charge in [-0.2, -0.15) is 0 Å². The highest BCUT2D eigenvalue weighted by Crippen LogP contribution is 2.21. The van der Waals surface area contributed by atoms with Gasteiger partial charge >= 0.3 is 5.97 Å². The van der Waals surface area contributed by atoms with E-state index in [0.29, 0.717) is 17.9 Å². The van der Waals surface area contributed by atoms with Crippen LogP contribution in [0.25, 0.3) is 0 Å². The Morgan fingerprint density at radius 3 is 2.59 bits per heavy atom. The summed E-state index contributed by atoms with van der Waals surface area (Å²) in [4.78, 5) is 28.5. The molecule has 138 valence electrons. The zero-order chi connectivity index (χ0) is 19.2. The van der Waals surface area contributed by atoms with E-state index in [1.54, 1.807) is 65.9 Å². The van der Waals surface area contributed by atoms with E-state index in [4.69, 9.17) is 15.2 Å². The molecule has 0 bridgehead atoms. The average molecular weight is 382 g/mol. The molecular weight excluding hydrogens is 364 g/mol. The van der Waals surface area contributed by atoms with Crippen LogP contribution in [0.4, 0.5) is 0 Å². The number of thiazole rings is 1. The molecule has 0 saturated heterocycles. The molecule has 0 radical (unpaired) electrons. The molecule has 0 fully saturated rings. The van der Waals surface area contributed by atoms with E-state index < -0.39 is 18.0 Å². The number of primary amides is 1. The molecule has 0 saturated carbocycles. The van der Waals surface area contributed by atoms with Crippen LogP contribution in [0.3, 0.4) is 0 Å². The first-order chi connectivity index (χ1) is 13.0. The van der Waals surface area contributed by atoms with Crippen molar-refractivity contribution < 1.29 is 19.1 Å². The van der Waals surface area contributed by atoms with Crippen molar-refractivity contribution in [3.05, 3.63) is 81.8 Å². The number of nitrogens with zero attached hydrogens (tertiary/aromatic N) is 1. The minimum atomic E-state index is -1.15. The summed E-state index contributed by atoms with van der Waals surface area (Å²) in [6, 6.07) is 15.2. The zero-order valence-corrected chi connectivity index (χ0v) is 15.4. The lowest BCUT2D eigenvalue weighted by atomic mass is 10.1. The van der Waals surface area contributed by atoms with E-state index in [1.807, 2.05) is 12.3 Å². The van der Waals surface area contributed by atoms with Gasteiger partial charge in [-0.1, -0.05) is 36.4 Å². The highest BCUT2D eigenvalue weighted by atomic mass is 32.1. The molecule has 0 spiro atoms. The Labute approximate surface area is 160 Å². The molecule has 27 heavy (non-hydrogen) atoms. The lowest BCUT2D eigenvalue weighted by Crippen LogP contribution is -2.26. The van der Waals surface area contributed by atoms with Crippen LogP contribution in [-0.4, -0.2) is 16.9 Å². The fraction of sp³-hybridized carbons (Fsp3) is 0.150. The van der Waals surface area contributed by atoms with Crippen LogP contribution in [0.5, 0.6) is 5.75 Å². The molecule has 2 aromatic carbocycles. The largest absolute Gasteiger partial charge is 0.487 e. The van der Waals surface area contributed by atoms with Crippen molar-refractivity contribution in [2.45, 2.75) is 19.6 Å². The Balaban J connectivity index is 1.69. The fourth-order valence-electron chi connectivity index (χ4n) is 2.44. The number of nitrogens with two attached hydrogens (primary N) is 1. The average Bonchev–Trinajstić information content (AvgIpc) is 3.10. The molecule has 1 atom stereocenters. The van der Waals surface area contributed by atoms with E-state index >= 15 is 0 Å². The van der Waals surface area contributed by atoms with Gasteiger partial charge in [0.15, 0.2) is 0 Å². The van der Waals surface area contributed by atoms with E-state index in [1.165, 1.54) is 0 Å². The SMILES string of the molecule is Cc1nc(COc2cccc(C(=O)OC(C(N)=O)c3ccccc3)c2)cs1. The van der Waals surface area contributed by atoms with E-state index in [0.717, 1.165) is 10.7 Å². The third kappa shape index (κ3) is 4.92. The van der Waals surface area contributed by atoms with Crippen molar-refractivity contribution in [2.24, 2.45) is 5.73 Å². The van der Waals surface area contributed by atoms with E-state index in [2.05, 4.69) is 4.98 Å². The first-order valence-electron chi connectivity index (χ1n) is 8.22. The zero-order valence-electron chi connectivity index (χ0n) is 14.6. The van der Waals surface area contributed by atoms with Crippen LogP contribution in [0.1, 0.15) is 32.7 Å². The first kappa shape index (κ1) is 18.6. The Hall–Kier alpha value is -3.19. The summed E-state index contributed by atoms with van der Waals surface area (Å²) in [5, 5.41) is 2.88. The smallest absolute Gasteiger partial charge is 0.339 e. The predicted octanol–water partition coefficient (Wildman–Crippen LogP) is 3.41. The molecule has 3 rings (SSSR count). The van der Waals surface area contributed by atoms with Gasteiger partial charge in [0.05, 0.1) is 16.3 Å². The second-order valence-corrected chi connectivity index (χ2v) is 6.83. The van der Waals surface area contributed by atoms with Gasteiger partial charge in [-0.25, -0.2) is 9.78 Å². The number of benzene rings is 2. The number of aromatic nitrogens is 1. The quantitative estimate of drug-likeness (QED) is 0.632. The number of amides is 1. The molecule has 0 aliphatic rings. The number of esters is 1. The van der Waals surface area contributed by atoms with Gasteiger partial charge < -0.3 is 15.2 Å². The first-order valence-corrected chi connectivity index (χ1v) is 9.10. The summed E-state index contributed by atoms with van der Waals surface area (Å²) in [5.74, 6) is -0.885. The molecule has 6 nitrogen and oxygen atoms in total. The Morgan fingerprint density at radius 1 is 1.15 bits per heavy atom. The summed E-state index contributed by atoms with van der Waals surface area (Å²) in [6.45, 7) is 2.23. The van der Waals surface area contributed by atoms with Gasteiger partial charge in [-0.15, -0.1) is 11.3 Å². The fourth-order valence-corrected chi connectivity index (χ4v) is 3.04. The van der Waals surface area contributed by atoms with Crippen LogP contribution >= 0.6 is 11.3 Å². The molecule has 1 amide bonds. The molecule has 0 aliphatic heterocycles. The summed E-state index contributed by atoms with van der Waals surface area (Å²) in [7, 11) is 0. The molecule has 2 N–H and O–H groups in total. The van der Waals surface area contributed by atoms with Crippen LogP contribution in [0.15, 0.2) is 60.0 Å². The molecule has 1 aromatic heterocycles. The van der Waals surface area contributed by atoms with Crippen molar-refractivity contribution in [3.63, 3.8) is 0 Å². The second-order valence-electron chi connectivity index (χ2n) is 5.77. The maximum atomic E-state index is 12.5. The summed E-state index contributed by atoms with van der Waals surface area (Å²) < 4.78 is 11.0. The van der Waals surface area contributed by atoms with E-state index in [9.17, 15) is 9.59 Å². The van der Waals surface area contributed by atoms with Gasteiger partial charge in [0, 0.05) is 10.9 Å². The molecular formula is C20H18N2O4S. The minimum Gasteiger partial charge on any atom is -0.487 e. The second kappa shape index (κ2) is 8.46. The van der Waals surface area contributed by atoms with Crippen LogP contribution in [0, 0.1) is 6.92 Å². The monoisotopic (exact) mass is 382 g/mol. The third-order valence-electron chi connectivity index (χ3n) is 3.71. The third-order valence-corrected chi connectivity index (χ3v) is 4.53. The van der Waals surface area contributed by atoms with Gasteiger partial charge in [-0.05, 0) is 25.1 Å². The van der Waals surface area contributed by atoms with E-state index in [-0.39, 0.29) is 5.56 Å². The van der Waals surface area contributed by atoms with Crippen LogP contribution < -0.4 is 10.5 Å². The summed E-state index contributed by atoms with van der Waals surface area (Å²) >= 11 is 1.55.